The molecule has 2 aromatic carbocycles. The molecule has 0 aliphatic rings. The van der Waals surface area contributed by atoms with Gasteiger partial charge in [0.25, 0.3) is 0 Å². The van der Waals surface area contributed by atoms with Crippen molar-refractivity contribution in [2.75, 3.05) is 5.75 Å². The lowest BCUT2D eigenvalue weighted by Crippen LogP contribution is -2.07. The molecule has 0 spiro atoms. The Kier molecular flexibility index (Phi) is 5.53. The van der Waals surface area contributed by atoms with E-state index in [2.05, 4.69) is 33.9 Å². The van der Waals surface area contributed by atoms with Gasteiger partial charge in [0, 0.05) is 9.86 Å². The summed E-state index contributed by atoms with van der Waals surface area (Å²) in [5.74, 6) is 0.00582. The van der Waals surface area contributed by atoms with E-state index >= 15 is 0 Å². The molecule has 0 fully saturated rings. The minimum absolute atomic E-state index is 0.243. The minimum Gasteiger partial charge on any atom is -0.460 e. The fourth-order valence-corrected chi connectivity index (χ4v) is 3.58. The van der Waals surface area contributed by atoms with Gasteiger partial charge in [0.2, 0.25) is 0 Å². The zero-order valence-electron chi connectivity index (χ0n) is 13.2. The number of thioether (sulfide) groups is 1. The number of carbonyl (C=O) groups is 1. The molecule has 0 unspecified atom stereocenters. The molecule has 0 aliphatic heterocycles. The summed E-state index contributed by atoms with van der Waals surface area (Å²) in [6.07, 6.45) is 0. The highest BCUT2D eigenvalue weighted by molar-refractivity contribution is 9.10. The number of esters is 1. The first kappa shape index (κ1) is 17.0. The lowest BCUT2D eigenvalue weighted by molar-refractivity contribution is -0.141. The van der Waals surface area contributed by atoms with Gasteiger partial charge in [0.1, 0.15) is 6.61 Å². The van der Waals surface area contributed by atoms with Crippen LogP contribution in [0.15, 0.2) is 64.1 Å². The van der Waals surface area contributed by atoms with Crippen LogP contribution in [0, 0.1) is 6.92 Å². The molecule has 1 aromatic heterocycles. The molecular formula is C19H16BrNO2S. The normalized spacial score (nSPS) is 10.8. The number of aromatic nitrogens is 1. The standard InChI is InChI=1S/C19H16BrNO2S/c1-13-9-18(21-17-8-3-2-7-16(13)17)24-12-19(22)23-11-14-5-4-6-15(20)10-14/h2-10H,11-12H2,1H3. The second-order valence-electron chi connectivity index (χ2n) is 5.37. The Morgan fingerprint density at radius 3 is 2.83 bits per heavy atom. The lowest BCUT2D eigenvalue weighted by Gasteiger charge is -2.07. The molecule has 0 aliphatic carbocycles. The van der Waals surface area contributed by atoms with E-state index in [1.807, 2.05) is 48.5 Å². The molecule has 0 N–H and O–H groups in total. The lowest BCUT2D eigenvalue weighted by atomic mass is 10.1. The van der Waals surface area contributed by atoms with Crippen LogP contribution in [-0.4, -0.2) is 16.7 Å². The number of aryl methyl sites for hydroxylation is 1. The van der Waals surface area contributed by atoms with Gasteiger partial charge in [-0.2, -0.15) is 0 Å². The Morgan fingerprint density at radius 1 is 1.17 bits per heavy atom. The maximum absolute atomic E-state index is 11.9. The highest BCUT2D eigenvalue weighted by Crippen LogP contribution is 2.23. The summed E-state index contributed by atoms with van der Waals surface area (Å²) in [4.78, 5) is 16.5. The Bertz CT molecular complexity index is 882. The Morgan fingerprint density at radius 2 is 2.00 bits per heavy atom. The van der Waals surface area contributed by atoms with Gasteiger partial charge >= 0.3 is 5.97 Å². The molecule has 3 rings (SSSR count). The molecule has 0 saturated carbocycles. The predicted molar refractivity (Wildman–Crippen MR) is 101 cm³/mol. The molecule has 122 valence electrons. The number of ether oxygens (including phenoxy) is 1. The Labute approximate surface area is 153 Å². The fourth-order valence-electron chi connectivity index (χ4n) is 2.36. The van der Waals surface area contributed by atoms with Crippen LogP contribution in [0.1, 0.15) is 11.1 Å². The third-order valence-electron chi connectivity index (χ3n) is 3.53. The van der Waals surface area contributed by atoms with Gasteiger partial charge in [-0.15, -0.1) is 0 Å². The van der Waals surface area contributed by atoms with E-state index in [0.29, 0.717) is 0 Å². The summed E-state index contributed by atoms with van der Waals surface area (Å²) < 4.78 is 6.29. The molecule has 1 heterocycles. The van der Waals surface area contributed by atoms with E-state index in [4.69, 9.17) is 4.74 Å². The number of carbonyl (C=O) groups excluding carboxylic acids is 1. The predicted octanol–water partition coefficient (Wildman–Crippen LogP) is 5.14. The van der Waals surface area contributed by atoms with Crippen LogP contribution in [0.3, 0.4) is 0 Å². The average molecular weight is 402 g/mol. The zero-order valence-corrected chi connectivity index (χ0v) is 15.6. The van der Waals surface area contributed by atoms with Crippen molar-refractivity contribution < 1.29 is 9.53 Å². The van der Waals surface area contributed by atoms with Crippen molar-refractivity contribution >= 4 is 44.6 Å². The molecule has 3 aromatic rings. The van der Waals surface area contributed by atoms with Gasteiger partial charge in [-0.3, -0.25) is 4.79 Å². The second-order valence-corrected chi connectivity index (χ2v) is 7.29. The third-order valence-corrected chi connectivity index (χ3v) is 4.90. The van der Waals surface area contributed by atoms with Crippen LogP contribution < -0.4 is 0 Å². The van der Waals surface area contributed by atoms with Crippen LogP contribution in [-0.2, 0) is 16.1 Å². The van der Waals surface area contributed by atoms with Crippen molar-refractivity contribution in [3.05, 3.63) is 70.2 Å². The van der Waals surface area contributed by atoms with E-state index in [9.17, 15) is 4.79 Å². The highest BCUT2D eigenvalue weighted by atomic mass is 79.9. The van der Waals surface area contributed by atoms with Crippen LogP contribution >= 0.6 is 27.7 Å². The summed E-state index contributed by atoms with van der Waals surface area (Å²) in [6.45, 7) is 2.34. The van der Waals surface area contributed by atoms with Gasteiger partial charge in [0.15, 0.2) is 0 Å². The van der Waals surface area contributed by atoms with Gasteiger partial charge in [-0.25, -0.2) is 4.98 Å². The van der Waals surface area contributed by atoms with Crippen molar-refractivity contribution in [1.82, 2.24) is 4.98 Å². The molecular weight excluding hydrogens is 386 g/mol. The van der Waals surface area contributed by atoms with Crippen molar-refractivity contribution in [1.29, 1.82) is 0 Å². The van der Waals surface area contributed by atoms with Crippen LogP contribution in [0.5, 0.6) is 0 Å². The molecule has 24 heavy (non-hydrogen) atoms. The second kappa shape index (κ2) is 7.81. The van der Waals surface area contributed by atoms with Gasteiger partial charge in [-0.05, 0) is 42.3 Å². The number of nitrogens with zero attached hydrogens (tertiary/aromatic N) is 1. The number of hydrogen-bond acceptors (Lipinski definition) is 4. The van der Waals surface area contributed by atoms with Crippen LogP contribution in [0.4, 0.5) is 0 Å². The largest absolute Gasteiger partial charge is 0.460 e. The van der Waals surface area contributed by atoms with Crippen molar-refractivity contribution in [3.63, 3.8) is 0 Å². The molecule has 0 radical (unpaired) electrons. The number of benzene rings is 2. The van der Waals surface area contributed by atoms with Gasteiger partial charge < -0.3 is 4.74 Å². The van der Waals surface area contributed by atoms with Gasteiger partial charge in [0.05, 0.1) is 16.3 Å². The fraction of sp³-hybridized carbons (Fsp3) is 0.158. The molecule has 3 nitrogen and oxygen atoms in total. The smallest absolute Gasteiger partial charge is 0.316 e. The Hall–Kier alpha value is -1.85. The van der Waals surface area contributed by atoms with Crippen LogP contribution in [0.25, 0.3) is 10.9 Å². The summed E-state index contributed by atoms with van der Waals surface area (Å²) in [5.41, 5.74) is 3.07. The summed E-state index contributed by atoms with van der Waals surface area (Å²) in [5, 5.41) is 1.98. The number of para-hydroxylation sites is 1. The van der Waals surface area contributed by atoms with E-state index in [0.717, 1.165) is 31.5 Å². The third kappa shape index (κ3) is 4.36. The summed E-state index contributed by atoms with van der Waals surface area (Å²) in [6, 6.07) is 17.7. The first-order valence-corrected chi connectivity index (χ1v) is 9.29. The van der Waals surface area contributed by atoms with Gasteiger partial charge in [-0.1, -0.05) is 58.0 Å². The molecule has 0 saturated heterocycles. The number of halogens is 1. The van der Waals surface area contributed by atoms with E-state index in [-0.39, 0.29) is 18.3 Å². The molecule has 0 atom stereocenters. The zero-order chi connectivity index (χ0) is 16.9. The number of rotatable bonds is 5. The summed E-state index contributed by atoms with van der Waals surface area (Å²) in [7, 11) is 0. The number of pyridine rings is 1. The summed E-state index contributed by atoms with van der Waals surface area (Å²) >= 11 is 4.80. The molecule has 0 amide bonds. The molecule has 0 bridgehead atoms. The topological polar surface area (TPSA) is 39.2 Å². The van der Waals surface area contributed by atoms with E-state index in [1.54, 1.807) is 0 Å². The molecule has 5 heteroatoms. The number of fused-ring (bicyclic) bond motifs is 1. The van der Waals surface area contributed by atoms with E-state index < -0.39 is 0 Å². The van der Waals surface area contributed by atoms with Crippen molar-refractivity contribution in [3.8, 4) is 0 Å². The van der Waals surface area contributed by atoms with Crippen LogP contribution in [0.2, 0.25) is 0 Å². The average Bonchev–Trinajstić information content (AvgIpc) is 2.58. The highest BCUT2D eigenvalue weighted by Gasteiger charge is 2.08. The Balaban J connectivity index is 1.58. The monoisotopic (exact) mass is 401 g/mol. The first-order chi connectivity index (χ1) is 11.6. The minimum atomic E-state index is -0.243. The maximum Gasteiger partial charge on any atom is 0.316 e. The quantitative estimate of drug-likeness (QED) is 0.438. The number of hydrogen-bond donors (Lipinski definition) is 0. The van der Waals surface area contributed by atoms with Crippen molar-refractivity contribution in [2.45, 2.75) is 18.6 Å². The maximum atomic E-state index is 11.9. The van der Waals surface area contributed by atoms with Crippen molar-refractivity contribution in [2.24, 2.45) is 0 Å². The van der Waals surface area contributed by atoms with E-state index in [1.165, 1.54) is 11.8 Å². The first-order valence-electron chi connectivity index (χ1n) is 7.51. The SMILES string of the molecule is Cc1cc(SCC(=O)OCc2cccc(Br)c2)nc2ccccc12.